The highest BCUT2D eigenvalue weighted by Crippen LogP contribution is 2.60. The quantitative estimate of drug-likeness (QED) is 0.392. The maximum absolute atomic E-state index is 13.4. The molecule has 4 aliphatic rings. The monoisotopic (exact) mass is 504 g/mol. The zero-order chi connectivity index (χ0) is 25.7. The minimum atomic E-state index is -0.151. The number of nitrogens with zero attached hydrogens (tertiary/aromatic N) is 6. The Bertz CT molecular complexity index is 1550. The number of aromatic nitrogens is 5. The second kappa shape index (κ2) is 8.91. The van der Waals surface area contributed by atoms with Crippen LogP contribution in [0.2, 0.25) is 0 Å². The highest BCUT2D eigenvalue weighted by Gasteiger charge is 2.54. The zero-order valence-corrected chi connectivity index (χ0v) is 21.0. The lowest BCUT2D eigenvalue weighted by Crippen LogP contribution is -2.53. The minimum absolute atomic E-state index is 0.151. The summed E-state index contributed by atoms with van der Waals surface area (Å²) in [7, 11) is 0. The van der Waals surface area contributed by atoms with Crippen LogP contribution in [0.4, 0.5) is 11.6 Å². The molecule has 2 aromatic heterocycles. The third-order valence-electron chi connectivity index (χ3n) is 8.57. The van der Waals surface area contributed by atoms with Crippen molar-refractivity contribution in [1.82, 2.24) is 30.3 Å². The number of amides is 1. The number of carbonyl (C=O) groups excluding carboxylic acids is 1. The number of carbonyl (C=O) groups is 1. The molecule has 0 aliphatic heterocycles. The molecule has 4 fully saturated rings. The molecule has 0 radical (unpaired) electrons. The summed E-state index contributed by atoms with van der Waals surface area (Å²) in [5.74, 6) is 2.85. The standard InChI is InChI=1S/C29H28N8O/c30-15-18-3-1-5-23(10-18)33-28-32-17-25-26(34-28)37(36-35-25)24-6-2-4-19(11-24)16-31-27(38)29-12-20-7-21(13-29)9-22(8-20)14-29/h1-6,10-11,17,20-22H,7-9,12-14,16H2,(H,31,38)(H,32,33,34). The van der Waals surface area contributed by atoms with Gasteiger partial charge in [0.2, 0.25) is 11.9 Å². The Balaban J connectivity index is 1.09. The lowest BCUT2D eigenvalue weighted by molar-refractivity contribution is -0.146. The fourth-order valence-corrected chi connectivity index (χ4v) is 7.31. The van der Waals surface area contributed by atoms with Crippen molar-refractivity contribution in [2.45, 2.75) is 45.1 Å². The molecule has 0 atom stereocenters. The molecular formula is C29H28N8O. The van der Waals surface area contributed by atoms with E-state index < -0.39 is 0 Å². The first-order valence-corrected chi connectivity index (χ1v) is 13.3. The van der Waals surface area contributed by atoms with Crippen LogP contribution in [0.1, 0.15) is 49.7 Å². The van der Waals surface area contributed by atoms with Crippen molar-refractivity contribution in [3.63, 3.8) is 0 Å². The van der Waals surface area contributed by atoms with Crippen LogP contribution in [0.15, 0.2) is 54.7 Å². The van der Waals surface area contributed by atoms with Crippen molar-refractivity contribution in [3.8, 4) is 11.8 Å². The number of fused-ring (bicyclic) bond motifs is 1. The molecule has 4 saturated carbocycles. The molecule has 4 aromatic rings. The van der Waals surface area contributed by atoms with Crippen LogP contribution in [-0.4, -0.2) is 30.9 Å². The molecule has 4 bridgehead atoms. The van der Waals surface area contributed by atoms with E-state index >= 15 is 0 Å². The predicted molar refractivity (Wildman–Crippen MR) is 141 cm³/mol. The largest absolute Gasteiger partial charge is 0.352 e. The zero-order valence-electron chi connectivity index (χ0n) is 21.0. The van der Waals surface area contributed by atoms with E-state index in [-0.39, 0.29) is 11.3 Å². The van der Waals surface area contributed by atoms with Crippen molar-refractivity contribution >= 4 is 28.7 Å². The van der Waals surface area contributed by atoms with Gasteiger partial charge in [-0.05, 0) is 92.2 Å². The maximum Gasteiger partial charge on any atom is 0.229 e. The van der Waals surface area contributed by atoms with Crippen LogP contribution in [0.25, 0.3) is 16.9 Å². The number of nitrogens with one attached hydrogen (secondary N) is 2. The Morgan fingerprint density at radius 1 is 1.05 bits per heavy atom. The molecule has 8 rings (SSSR count). The minimum Gasteiger partial charge on any atom is -0.352 e. The second-order valence-electron chi connectivity index (χ2n) is 11.3. The van der Waals surface area contributed by atoms with E-state index in [0.29, 0.717) is 29.2 Å². The van der Waals surface area contributed by atoms with Gasteiger partial charge in [-0.3, -0.25) is 4.79 Å². The predicted octanol–water partition coefficient (Wildman–Crippen LogP) is 4.66. The fourth-order valence-electron chi connectivity index (χ4n) is 7.31. The fraction of sp³-hybridized carbons (Fsp3) is 0.379. The van der Waals surface area contributed by atoms with Crippen molar-refractivity contribution in [2.24, 2.45) is 23.2 Å². The summed E-state index contributed by atoms with van der Waals surface area (Å²) in [6.07, 6.45) is 8.79. The average molecular weight is 505 g/mol. The SMILES string of the molecule is N#Cc1cccc(Nc2ncc3nnn(-c4cccc(CNC(=O)C56CC7CC(CC(C7)C5)C6)c4)c3n2)c1. The van der Waals surface area contributed by atoms with E-state index in [0.717, 1.165) is 54.0 Å². The van der Waals surface area contributed by atoms with Gasteiger partial charge in [0, 0.05) is 17.6 Å². The van der Waals surface area contributed by atoms with Gasteiger partial charge in [-0.1, -0.05) is 23.4 Å². The van der Waals surface area contributed by atoms with Gasteiger partial charge in [-0.15, -0.1) is 5.10 Å². The second-order valence-corrected chi connectivity index (χ2v) is 11.3. The summed E-state index contributed by atoms with van der Waals surface area (Å²) < 4.78 is 1.68. The Morgan fingerprint density at radius 2 is 1.82 bits per heavy atom. The first-order valence-electron chi connectivity index (χ1n) is 13.3. The summed E-state index contributed by atoms with van der Waals surface area (Å²) in [6, 6.07) is 17.2. The number of nitriles is 1. The van der Waals surface area contributed by atoms with Gasteiger partial charge >= 0.3 is 0 Å². The third-order valence-corrected chi connectivity index (χ3v) is 8.57. The topological polar surface area (TPSA) is 121 Å². The van der Waals surface area contributed by atoms with Crippen LogP contribution in [0.3, 0.4) is 0 Å². The van der Waals surface area contributed by atoms with E-state index in [1.54, 1.807) is 29.1 Å². The van der Waals surface area contributed by atoms with Gasteiger partial charge in [-0.2, -0.15) is 14.9 Å². The summed E-state index contributed by atoms with van der Waals surface area (Å²) >= 11 is 0. The normalized spacial score (nSPS) is 25.3. The molecule has 9 heteroatoms. The number of anilines is 2. The van der Waals surface area contributed by atoms with Crippen molar-refractivity contribution in [1.29, 1.82) is 5.26 Å². The van der Waals surface area contributed by atoms with Gasteiger partial charge in [-0.25, -0.2) is 4.98 Å². The number of hydrogen-bond acceptors (Lipinski definition) is 7. The first kappa shape index (κ1) is 22.8. The van der Waals surface area contributed by atoms with Gasteiger partial charge in [0.1, 0.15) is 0 Å². The first-order chi connectivity index (χ1) is 18.6. The van der Waals surface area contributed by atoms with Gasteiger partial charge in [0.15, 0.2) is 11.2 Å². The molecule has 0 unspecified atom stereocenters. The van der Waals surface area contributed by atoms with Crippen LogP contribution in [0.5, 0.6) is 0 Å². The van der Waals surface area contributed by atoms with Crippen LogP contribution >= 0.6 is 0 Å². The Kier molecular flexibility index (Phi) is 5.36. The molecule has 9 nitrogen and oxygen atoms in total. The highest BCUT2D eigenvalue weighted by atomic mass is 16.2. The summed E-state index contributed by atoms with van der Waals surface area (Å²) in [5, 5.41) is 24.1. The molecule has 0 spiro atoms. The third kappa shape index (κ3) is 4.06. The molecule has 38 heavy (non-hydrogen) atoms. The maximum atomic E-state index is 13.4. The van der Waals surface area contributed by atoms with Gasteiger partial charge < -0.3 is 10.6 Å². The van der Waals surface area contributed by atoms with Crippen molar-refractivity contribution in [2.75, 3.05) is 5.32 Å². The lowest BCUT2D eigenvalue weighted by Gasteiger charge is -2.55. The van der Waals surface area contributed by atoms with Crippen LogP contribution in [0, 0.1) is 34.5 Å². The molecule has 2 heterocycles. The summed E-state index contributed by atoms with van der Waals surface area (Å²) in [5.41, 5.74) is 4.07. The van der Waals surface area contributed by atoms with E-state index in [4.69, 9.17) is 5.26 Å². The Hall–Kier alpha value is -4.32. The molecule has 4 aliphatic carbocycles. The molecule has 2 aromatic carbocycles. The molecular weight excluding hydrogens is 476 g/mol. The summed E-state index contributed by atoms with van der Waals surface area (Å²) in [4.78, 5) is 22.4. The van der Waals surface area contributed by atoms with E-state index in [9.17, 15) is 4.79 Å². The van der Waals surface area contributed by atoms with Crippen molar-refractivity contribution in [3.05, 3.63) is 65.9 Å². The number of benzene rings is 2. The van der Waals surface area contributed by atoms with Crippen molar-refractivity contribution < 1.29 is 4.79 Å². The smallest absolute Gasteiger partial charge is 0.229 e. The molecule has 1 amide bonds. The van der Waals surface area contributed by atoms with Crippen LogP contribution < -0.4 is 10.6 Å². The highest BCUT2D eigenvalue weighted by molar-refractivity contribution is 5.83. The Labute approximate surface area is 220 Å². The average Bonchev–Trinajstić information content (AvgIpc) is 3.34. The van der Waals surface area contributed by atoms with E-state index in [2.05, 4.69) is 37.0 Å². The lowest BCUT2D eigenvalue weighted by atomic mass is 9.49. The molecule has 2 N–H and O–H groups in total. The van der Waals surface area contributed by atoms with E-state index in [1.807, 2.05) is 30.3 Å². The number of rotatable bonds is 6. The number of hydrogen-bond donors (Lipinski definition) is 2. The van der Waals surface area contributed by atoms with E-state index in [1.165, 1.54) is 19.3 Å². The van der Waals surface area contributed by atoms with Gasteiger partial charge in [0.05, 0.1) is 23.5 Å². The Morgan fingerprint density at radius 3 is 2.58 bits per heavy atom. The molecule has 0 saturated heterocycles. The molecule has 190 valence electrons. The van der Waals surface area contributed by atoms with Crippen LogP contribution in [-0.2, 0) is 11.3 Å². The van der Waals surface area contributed by atoms with Gasteiger partial charge in [0.25, 0.3) is 0 Å². The summed E-state index contributed by atoms with van der Waals surface area (Å²) in [6.45, 7) is 0.484.